The summed E-state index contributed by atoms with van der Waals surface area (Å²) in [5.74, 6) is -0.758. The summed E-state index contributed by atoms with van der Waals surface area (Å²) in [6, 6.07) is 0.450. The lowest BCUT2D eigenvalue weighted by atomic mass is 10.2. The number of carbonyl (C=O) groups is 2. The van der Waals surface area contributed by atoms with Crippen molar-refractivity contribution in [2.75, 3.05) is 53.6 Å². The molecule has 1 atom stereocenters. The lowest BCUT2D eigenvalue weighted by Crippen LogP contribution is -2.51. The number of hydrogen-bond acceptors (Lipinski definition) is 7. The summed E-state index contributed by atoms with van der Waals surface area (Å²) in [6.07, 6.45) is -0.0320. The van der Waals surface area contributed by atoms with Crippen LogP contribution < -0.4 is 0 Å². The van der Waals surface area contributed by atoms with Crippen LogP contribution in [0.3, 0.4) is 0 Å². The second-order valence-electron chi connectivity index (χ2n) is 5.40. The number of methoxy groups -OCH3 is 2. The Kier molecular flexibility index (Phi) is 7.63. The number of hydrogen-bond donors (Lipinski definition) is 0. The third-order valence-electron chi connectivity index (χ3n) is 3.52. The van der Waals surface area contributed by atoms with Crippen molar-refractivity contribution in [1.82, 2.24) is 9.80 Å². The summed E-state index contributed by atoms with van der Waals surface area (Å²) in [5, 5.41) is 0. The maximum Gasteiger partial charge on any atom is 0.319 e. The molecule has 0 amide bonds. The highest BCUT2D eigenvalue weighted by molar-refractivity contribution is 5.74. The fraction of sp³-hybridized carbons (Fsp3) is 0.857. The van der Waals surface area contributed by atoms with Gasteiger partial charge in [0.2, 0.25) is 0 Å². The topological polar surface area (TPSA) is 68.3 Å². The van der Waals surface area contributed by atoms with Crippen molar-refractivity contribution in [2.45, 2.75) is 26.0 Å². The highest BCUT2D eigenvalue weighted by atomic mass is 16.5. The molecule has 0 saturated carbocycles. The van der Waals surface area contributed by atoms with Gasteiger partial charge in [0.05, 0.1) is 40.0 Å². The van der Waals surface area contributed by atoms with E-state index in [1.807, 2.05) is 0 Å². The van der Waals surface area contributed by atoms with Crippen molar-refractivity contribution >= 4 is 11.9 Å². The summed E-state index contributed by atoms with van der Waals surface area (Å²) < 4.78 is 15.1. The van der Waals surface area contributed by atoms with Gasteiger partial charge in [-0.25, -0.2) is 0 Å². The van der Waals surface area contributed by atoms with E-state index < -0.39 is 0 Å². The molecule has 1 heterocycles. The molecule has 21 heavy (non-hydrogen) atoms. The van der Waals surface area contributed by atoms with E-state index in [4.69, 9.17) is 4.74 Å². The average molecular weight is 302 g/mol. The number of esters is 2. The molecule has 1 fully saturated rings. The third-order valence-corrected chi connectivity index (χ3v) is 3.52. The van der Waals surface area contributed by atoms with E-state index in [0.29, 0.717) is 19.2 Å². The Bertz CT molecular complexity index is 330. The van der Waals surface area contributed by atoms with Crippen LogP contribution in [0.4, 0.5) is 0 Å². The van der Waals surface area contributed by atoms with E-state index in [2.05, 4.69) is 28.2 Å². The van der Waals surface area contributed by atoms with Crippen LogP contribution in [0.15, 0.2) is 0 Å². The van der Waals surface area contributed by atoms with Gasteiger partial charge in [-0.15, -0.1) is 0 Å². The lowest BCUT2D eigenvalue weighted by Gasteiger charge is -2.37. The van der Waals surface area contributed by atoms with E-state index in [9.17, 15) is 9.59 Å². The van der Waals surface area contributed by atoms with Crippen LogP contribution in [-0.4, -0.2) is 87.4 Å². The summed E-state index contributed by atoms with van der Waals surface area (Å²) in [5.41, 5.74) is 0. The first-order valence-electron chi connectivity index (χ1n) is 7.18. The SMILES string of the molecule is COC(=O)CN(CC(=O)OC)CC1CN(C(C)C)CCO1. The summed E-state index contributed by atoms with van der Waals surface area (Å²) in [6.45, 7) is 7.23. The molecule has 0 aromatic rings. The molecule has 1 aliphatic heterocycles. The van der Waals surface area contributed by atoms with E-state index in [1.54, 1.807) is 4.90 Å². The largest absolute Gasteiger partial charge is 0.468 e. The molecule has 1 saturated heterocycles. The van der Waals surface area contributed by atoms with Gasteiger partial charge in [-0.2, -0.15) is 0 Å². The Morgan fingerprint density at radius 1 is 1.24 bits per heavy atom. The molecule has 0 radical (unpaired) electrons. The van der Waals surface area contributed by atoms with Crippen molar-refractivity contribution in [3.8, 4) is 0 Å². The van der Waals surface area contributed by atoms with Gasteiger partial charge in [0.15, 0.2) is 0 Å². The van der Waals surface area contributed by atoms with Crippen molar-refractivity contribution in [3.63, 3.8) is 0 Å². The zero-order chi connectivity index (χ0) is 15.8. The summed E-state index contributed by atoms with van der Waals surface area (Å²) >= 11 is 0. The lowest BCUT2D eigenvalue weighted by molar-refractivity contribution is -0.147. The first-order chi connectivity index (χ1) is 9.96. The molecule has 1 unspecified atom stereocenters. The van der Waals surface area contributed by atoms with E-state index >= 15 is 0 Å². The minimum absolute atomic E-state index is 0.0320. The van der Waals surface area contributed by atoms with Crippen LogP contribution >= 0.6 is 0 Å². The Balaban J connectivity index is 2.57. The second kappa shape index (κ2) is 8.96. The molecule has 0 N–H and O–H groups in total. The molecule has 7 nitrogen and oxygen atoms in total. The highest BCUT2D eigenvalue weighted by Gasteiger charge is 2.26. The molecule has 7 heteroatoms. The summed E-state index contributed by atoms with van der Waals surface area (Å²) in [7, 11) is 2.66. The molecule has 0 bridgehead atoms. The molecule has 122 valence electrons. The number of carbonyl (C=O) groups excluding carboxylic acids is 2. The normalized spacial score (nSPS) is 19.8. The van der Waals surface area contributed by atoms with E-state index in [0.717, 1.165) is 13.1 Å². The smallest absolute Gasteiger partial charge is 0.319 e. The van der Waals surface area contributed by atoms with Gasteiger partial charge >= 0.3 is 11.9 Å². The van der Waals surface area contributed by atoms with Crippen LogP contribution in [0.2, 0.25) is 0 Å². The van der Waals surface area contributed by atoms with Crippen LogP contribution in [-0.2, 0) is 23.8 Å². The van der Waals surface area contributed by atoms with E-state index in [1.165, 1.54) is 14.2 Å². The summed E-state index contributed by atoms with van der Waals surface area (Å²) in [4.78, 5) is 26.9. The van der Waals surface area contributed by atoms with Crippen LogP contribution in [0, 0.1) is 0 Å². The van der Waals surface area contributed by atoms with Gasteiger partial charge in [0, 0.05) is 25.7 Å². The maximum absolute atomic E-state index is 11.4. The van der Waals surface area contributed by atoms with Gasteiger partial charge < -0.3 is 14.2 Å². The zero-order valence-corrected chi connectivity index (χ0v) is 13.3. The molecule has 1 aliphatic rings. The van der Waals surface area contributed by atoms with Crippen LogP contribution in [0.5, 0.6) is 0 Å². The Labute approximate surface area is 126 Å². The van der Waals surface area contributed by atoms with Crippen LogP contribution in [0.1, 0.15) is 13.8 Å². The van der Waals surface area contributed by atoms with Crippen molar-refractivity contribution in [2.24, 2.45) is 0 Å². The Hall–Kier alpha value is -1.18. The van der Waals surface area contributed by atoms with Gasteiger partial charge in [-0.05, 0) is 13.8 Å². The fourth-order valence-corrected chi connectivity index (χ4v) is 2.29. The zero-order valence-electron chi connectivity index (χ0n) is 13.3. The predicted octanol–water partition coefficient (Wildman–Crippen LogP) is -0.256. The van der Waals surface area contributed by atoms with E-state index in [-0.39, 0.29) is 31.1 Å². The number of rotatable bonds is 7. The molecule has 0 aromatic carbocycles. The standard InChI is InChI=1S/C14H26N2O5/c1-11(2)16-5-6-21-12(8-16)7-15(9-13(17)19-3)10-14(18)20-4/h11-12H,5-10H2,1-4H3. The Morgan fingerprint density at radius 2 is 1.81 bits per heavy atom. The minimum Gasteiger partial charge on any atom is -0.468 e. The van der Waals surface area contributed by atoms with Crippen molar-refractivity contribution < 1.29 is 23.8 Å². The monoisotopic (exact) mass is 302 g/mol. The molecule has 1 rings (SSSR count). The molecule has 0 aliphatic carbocycles. The predicted molar refractivity (Wildman–Crippen MR) is 76.9 cm³/mol. The van der Waals surface area contributed by atoms with Crippen LogP contribution in [0.25, 0.3) is 0 Å². The minimum atomic E-state index is -0.379. The number of ether oxygens (including phenoxy) is 3. The molecular formula is C14H26N2O5. The number of morpholine rings is 1. The van der Waals surface area contributed by atoms with Gasteiger partial charge in [-0.1, -0.05) is 0 Å². The van der Waals surface area contributed by atoms with Crippen molar-refractivity contribution in [1.29, 1.82) is 0 Å². The van der Waals surface area contributed by atoms with Crippen molar-refractivity contribution in [3.05, 3.63) is 0 Å². The molecule has 0 aromatic heterocycles. The van der Waals surface area contributed by atoms with Gasteiger partial charge in [0.25, 0.3) is 0 Å². The first kappa shape index (κ1) is 17.9. The Morgan fingerprint density at radius 3 is 2.29 bits per heavy atom. The van der Waals surface area contributed by atoms with Gasteiger partial charge in [0.1, 0.15) is 0 Å². The molecular weight excluding hydrogens is 276 g/mol. The quantitative estimate of drug-likeness (QED) is 0.600. The third kappa shape index (κ3) is 6.41. The fourth-order valence-electron chi connectivity index (χ4n) is 2.29. The maximum atomic E-state index is 11.4. The molecule has 0 spiro atoms. The number of nitrogens with zero attached hydrogens (tertiary/aromatic N) is 2. The van der Waals surface area contributed by atoms with Gasteiger partial charge in [-0.3, -0.25) is 19.4 Å². The second-order valence-corrected chi connectivity index (χ2v) is 5.40. The highest BCUT2D eigenvalue weighted by Crippen LogP contribution is 2.10. The first-order valence-corrected chi connectivity index (χ1v) is 7.18. The average Bonchev–Trinajstić information content (AvgIpc) is 2.47.